The second kappa shape index (κ2) is 4.43. The van der Waals surface area contributed by atoms with E-state index in [-0.39, 0.29) is 5.75 Å². The first-order valence-electron chi connectivity index (χ1n) is 4.39. The van der Waals surface area contributed by atoms with Gasteiger partial charge in [-0.1, -0.05) is 0 Å². The molecule has 0 radical (unpaired) electrons. The summed E-state index contributed by atoms with van der Waals surface area (Å²) in [5.41, 5.74) is 5.39. The van der Waals surface area contributed by atoms with Gasteiger partial charge in [0.2, 0.25) is 0 Å². The summed E-state index contributed by atoms with van der Waals surface area (Å²) in [4.78, 5) is 10.9. The Morgan fingerprint density at radius 2 is 2.27 bits per heavy atom. The molecule has 2 N–H and O–H groups in total. The number of hydrogen-bond acceptors (Lipinski definition) is 4. The van der Waals surface area contributed by atoms with Crippen LogP contribution in [0, 0.1) is 0 Å². The third-order valence-corrected chi connectivity index (χ3v) is 2.88. The number of sulfone groups is 1. The zero-order chi connectivity index (χ0) is 11.5. The van der Waals surface area contributed by atoms with Crippen LogP contribution in [-0.4, -0.2) is 36.1 Å². The summed E-state index contributed by atoms with van der Waals surface area (Å²) in [6, 6.07) is 1.50. The Bertz CT molecular complexity index is 449. The Hall–Kier alpha value is -1.37. The van der Waals surface area contributed by atoms with Gasteiger partial charge in [-0.05, 0) is 12.5 Å². The van der Waals surface area contributed by atoms with E-state index in [1.807, 2.05) is 0 Å². The first-order valence-corrected chi connectivity index (χ1v) is 6.45. The van der Waals surface area contributed by atoms with E-state index in [9.17, 15) is 13.2 Å². The van der Waals surface area contributed by atoms with Crippen molar-refractivity contribution in [1.29, 1.82) is 0 Å². The van der Waals surface area contributed by atoms with E-state index in [2.05, 4.69) is 5.10 Å². The van der Waals surface area contributed by atoms with Gasteiger partial charge in [0.25, 0.3) is 5.91 Å². The van der Waals surface area contributed by atoms with Crippen molar-refractivity contribution in [3.05, 3.63) is 18.0 Å². The van der Waals surface area contributed by atoms with E-state index in [1.165, 1.54) is 23.2 Å². The Kier molecular flexibility index (Phi) is 3.46. The van der Waals surface area contributed by atoms with Gasteiger partial charge in [-0.3, -0.25) is 9.48 Å². The number of hydrogen-bond donors (Lipinski definition) is 1. The van der Waals surface area contributed by atoms with E-state index < -0.39 is 15.7 Å². The third-order valence-electron chi connectivity index (χ3n) is 1.85. The summed E-state index contributed by atoms with van der Waals surface area (Å²) in [6.07, 6.45) is 3.05. The van der Waals surface area contributed by atoms with Crippen LogP contribution >= 0.6 is 0 Å². The minimum atomic E-state index is -2.97. The van der Waals surface area contributed by atoms with Crippen molar-refractivity contribution in [2.45, 2.75) is 13.0 Å². The predicted octanol–water partition coefficient (Wildman–Crippen LogP) is -0.583. The Morgan fingerprint density at radius 3 is 2.80 bits per heavy atom. The van der Waals surface area contributed by atoms with Crippen molar-refractivity contribution >= 4 is 15.7 Å². The van der Waals surface area contributed by atoms with Gasteiger partial charge >= 0.3 is 0 Å². The second-order valence-electron chi connectivity index (χ2n) is 3.29. The number of nitrogens with two attached hydrogens (primary N) is 1. The third kappa shape index (κ3) is 3.70. The lowest BCUT2D eigenvalue weighted by Gasteiger charge is -2.03. The smallest absolute Gasteiger partial charge is 0.266 e. The molecule has 84 valence electrons. The molecule has 7 heteroatoms. The summed E-state index contributed by atoms with van der Waals surface area (Å²) in [5, 5.41) is 3.88. The zero-order valence-electron chi connectivity index (χ0n) is 8.38. The standard InChI is InChI=1S/C8H13N3O3S/c1-15(13,14)6-2-5-11-7(8(9)12)3-4-10-11/h3-4H,2,5-6H2,1H3,(H2,9,12). The lowest BCUT2D eigenvalue weighted by atomic mass is 10.4. The Balaban J connectivity index is 2.58. The highest BCUT2D eigenvalue weighted by Gasteiger charge is 2.08. The largest absolute Gasteiger partial charge is 0.364 e. The van der Waals surface area contributed by atoms with Gasteiger partial charge < -0.3 is 5.73 Å². The topological polar surface area (TPSA) is 95.1 Å². The van der Waals surface area contributed by atoms with Crippen LogP contribution < -0.4 is 5.73 Å². The number of primary amides is 1. The molecule has 1 aromatic heterocycles. The molecule has 0 saturated heterocycles. The Labute approximate surface area is 88.0 Å². The van der Waals surface area contributed by atoms with E-state index in [4.69, 9.17) is 5.73 Å². The summed E-state index contributed by atoms with van der Waals surface area (Å²) in [5.74, 6) is -0.489. The number of carbonyl (C=O) groups excluding carboxylic acids is 1. The molecular weight excluding hydrogens is 218 g/mol. The molecule has 1 rings (SSSR count). The van der Waals surface area contributed by atoms with Crippen molar-refractivity contribution in [3.63, 3.8) is 0 Å². The van der Waals surface area contributed by atoms with Crippen LogP contribution in [0.5, 0.6) is 0 Å². The highest BCUT2D eigenvalue weighted by Crippen LogP contribution is 2.00. The summed E-state index contributed by atoms with van der Waals surface area (Å²) < 4.78 is 23.1. The van der Waals surface area contributed by atoms with Crippen LogP contribution in [0.25, 0.3) is 0 Å². The highest BCUT2D eigenvalue weighted by atomic mass is 32.2. The molecule has 0 bridgehead atoms. The van der Waals surface area contributed by atoms with Gasteiger partial charge in [0.1, 0.15) is 15.5 Å². The molecule has 0 aliphatic carbocycles. The predicted molar refractivity (Wildman–Crippen MR) is 55.1 cm³/mol. The molecule has 0 unspecified atom stereocenters. The van der Waals surface area contributed by atoms with Crippen LogP contribution in [0.4, 0.5) is 0 Å². The second-order valence-corrected chi connectivity index (χ2v) is 5.55. The van der Waals surface area contributed by atoms with Crippen LogP contribution in [0.2, 0.25) is 0 Å². The normalized spacial score (nSPS) is 11.5. The average Bonchev–Trinajstić information content (AvgIpc) is 2.49. The van der Waals surface area contributed by atoms with Gasteiger partial charge in [0, 0.05) is 19.0 Å². The maximum absolute atomic E-state index is 10.9. The first kappa shape index (κ1) is 11.7. The molecule has 1 heterocycles. The van der Waals surface area contributed by atoms with E-state index in [1.54, 1.807) is 0 Å². The van der Waals surface area contributed by atoms with Crippen molar-refractivity contribution < 1.29 is 13.2 Å². The molecular formula is C8H13N3O3S. The number of aromatic nitrogens is 2. The Morgan fingerprint density at radius 1 is 1.60 bits per heavy atom. The van der Waals surface area contributed by atoms with Gasteiger partial charge in [-0.15, -0.1) is 0 Å². The summed E-state index contributed by atoms with van der Waals surface area (Å²) >= 11 is 0. The highest BCUT2D eigenvalue weighted by molar-refractivity contribution is 7.90. The van der Waals surface area contributed by atoms with E-state index in [0.29, 0.717) is 18.7 Å². The molecule has 6 nitrogen and oxygen atoms in total. The fourth-order valence-corrected chi connectivity index (χ4v) is 1.85. The maximum atomic E-state index is 10.9. The maximum Gasteiger partial charge on any atom is 0.266 e. The fraction of sp³-hybridized carbons (Fsp3) is 0.500. The summed E-state index contributed by atoms with van der Waals surface area (Å²) in [6.45, 7) is 0.373. The summed E-state index contributed by atoms with van der Waals surface area (Å²) in [7, 11) is -2.97. The fourth-order valence-electron chi connectivity index (χ4n) is 1.20. The van der Waals surface area contributed by atoms with Crippen LogP contribution in [0.1, 0.15) is 16.9 Å². The van der Waals surface area contributed by atoms with Crippen molar-refractivity contribution in [3.8, 4) is 0 Å². The lowest BCUT2D eigenvalue weighted by molar-refractivity contribution is 0.0990. The molecule has 0 atom stereocenters. The molecule has 0 fully saturated rings. The zero-order valence-corrected chi connectivity index (χ0v) is 9.20. The minimum Gasteiger partial charge on any atom is -0.364 e. The number of nitrogens with zero attached hydrogens (tertiary/aromatic N) is 2. The number of carbonyl (C=O) groups is 1. The van der Waals surface area contributed by atoms with Crippen LogP contribution in [0.15, 0.2) is 12.3 Å². The molecule has 0 aromatic carbocycles. The molecule has 0 spiro atoms. The van der Waals surface area contributed by atoms with E-state index >= 15 is 0 Å². The van der Waals surface area contributed by atoms with Gasteiger partial charge in [0.15, 0.2) is 0 Å². The SMILES string of the molecule is CS(=O)(=O)CCCn1nccc1C(N)=O. The van der Waals surface area contributed by atoms with Crippen molar-refractivity contribution in [2.24, 2.45) is 5.73 Å². The molecule has 0 aliphatic rings. The molecule has 0 aliphatic heterocycles. The number of aryl methyl sites for hydroxylation is 1. The molecule has 1 aromatic rings. The van der Waals surface area contributed by atoms with Crippen molar-refractivity contribution in [1.82, 2.24) is 9.78 Å². The van der Waals surface area contributed by atoms with Crippen LogP contribution in [0.3, 0.4) is 0 Å². The molecule has 15 heavy (non-hydrogen) atoms. The average molecular weight is 231 g/mol. The van der Waals surface area contributed by atoms with Gasteiger partial charge in [0.05, 0.1) is 5.75 Å². The van der Waals surface area contributed by atoms with Gasteiger partial charge in [-0.25, -0.2) is 8.42 Å². The number of amides is 1. The first-order chi connectivity index (χ1) is 6.90. The molecule has 0 saturated carbocycles. The monoisotopic (exact) mass is 231 g/mol. The van der Waals surface area contributed by atoms with E-state index in [0.717, 1.165) is 0 Å². The van der Waals surface area contributed by atoms with Gasteiger partial charge in [-0.2, -0.15) is 5.10 Å². The van der Waals surface area contributed by atoms with Crippen molar-refractivity contribution in [2.75, 3.05) is 12.0 Å². The lowest BCUT2D eigenvalue weighted by Crippen LogP contribution is -2.18. The quantitative estimate of drug-likeness (QED) is 0.733. The van der Waals surface area contributed by atoms with Crippen LogP contribution in [-0.2, 0) is 16.4 Å². The minimum absolute atomic E-state index is 0.0745. The number of rotatable bonds is 5. The molecule has 1 amide bonds.